The molecule has 1 aliphatic rings. The Morgan fingerprint density at radius 1 is 1.50 bits per heavy atom. The summed E-state index contributed by atoms with van der Waals surface area (Å²) in [4.78, 5) is 11.2. The summed E-state index contributed by atoms with van der Waals surface area (Å²) in [7, 11) is 1.69. The monoisotopic (exact) mass is 244 g/mol. The van der Waals surface area contributed by atoms with Crippen LogP contribution in [0.25, 0.3) is 0 Å². The van der Waals surface area contributed by atoms with Gasteiger partial charge < -0.3 is 10.6 Å². The van der Waals surface area contributed by atoms with Gasteiger partial charge in [0.1, 0.15) is 0 Å². The lowest BCUT2D eigenvalue weighted by Crippen LogP contribution is -2.38. The van der Waals surface area contributed by atoms with Crippen molar-refractivity contribution in [3.63, 3.8) is 0 Å². The zero-order valence-corrected chi connectivity index (χ0v) is 11.4. The molecule has 0 heterocycles. The standard InChI is InChI=1S/C12H24N2OS/c1-4-16-11-6-5-10(8-11)14-9(2)7-12(15)13-3/h9-11,14H,4-8H2,1-3H3,(H,13,15). The van der Waals surface area contributed by atoms with Crippen LogP contribution in [0.2, 0.25) is 0 Å². The number of rotatable bonds is 6. The molecule has 3 unspecified atom stereocenters. The molecule has 16 heavy (non-hydrogen) atoms. The first kappa shape index (κ1) is 13.8. The van der Waals surface area contributed by atoms with E-state index in [0.717, 1.165) is 5.25 Å². The van der Waals surface area contributed by atoms with Crippen LogP contribution < -0.4 is 10.6 Å². The van der Waals surface area contributed by atoms with Crippen molar-refractivity contribution in [1.29, 1.82) is 0 Å². The maximum Gasteiger partial charge on any atom is 0.221 e. The highest BCUT2D eigenvalue weighted by Gasteiger charge is 2.25. The van der Waals surface area contributed by atoms with Crippen molar-refractivity contribution in [2.45, 2.75) is 56.9 Å². The summed E-state index contributed by atoms with van der Waals surface area (Å²) >= 11 is 2.07. The van der Waals surface area contributed by atoms with Gasteiger partial charge in [0, 0.05) is 30.8 Å². The van der Waals surface area contributed by atoms with Gasteiger partial charge in [-0.1, -0.05) is 6.92 Å². The number of nitrogens with one attached hydrogen (secondary N) is 2. The van der Waals surface area contributed by atoms with E-state index in [1.807, 2.05) is 0 Å². The molecule has 1 amide bonds. The van der Waals surface area contributed by atoms with Crippen LogP contribution >= 0.6 is 11.8 Å². The molecule has 3 nitrogen and oxygen atoms in total. The van der Waals surface area contributed by atoms with Crippen molar-refractivity contribution < 1.29 is 4.79 Å². The molecular formula is C12H24N2OS. The van der Waals surface area contributed by atoms with Crippen LogP contribution in [0, 0.1) is 0 Å². The Kier molecular flexibility index (Phi) is 6.21. The van der Waals surface area contributed by atoms with Crippen LogP contribution in [0.3, 0.4) is 0 Å². The summed E-state index contributed by atoms with van der Waals surface area (Å²) in [6.45, 7) is 4.31. The third kappa shape index (κ3) is 4.74. The Labute approximate surface area is 103 Å². The number of hydrogen-bond acceptors (Lipinski definition) is 3. The predicted octanol–water partition coefficient (Wildman–Crippen LogP) is 1.77. The summed E-state index contributed by atoms with van der Waals surface area (Å²) in [5, 5.41) is 7.05. The van der Waals surface area contributed by atoms with E-state index in [9.17, 15) is 4.79 Å². The summed E-state index contributed by atoms with van der Waals surface area (Å²) in [6, 6.07) is 0.902. The van der Waals surface area contributed by atoms with Crippen LogP contribution in [-0.4, -0.2) is 36.0 Å². The quantitative estimate of drug-likeness (QED) is 0.748. The van der Waals surface area contributed by atoms with Gasteiger partial charge in [0.15, 0.2) is 0 Å². The minimum absolute atomic E-state index is 0.123. The number of thioether (sulfide) groups is 1. The summed E-state index contributed by atoms with van der Waals surface area (Å²) in [5.41, 5.74) is 0. The Hall–Kier alpha value is -0.220. The maximum absolute atomic E-state index is 11.2. The maximum atomic E-state index is 11.2. The first-order valence-electron chi connectivity index (χ1n) is 6.24. The second-order valence-corrected chi connectivity index (χ2v) is 6.11. The number of hydrogen-bond donors (Lipinski definition) is 2. The lowest BCUT2D eigenvalue weighted by Gasteiger charge is -2.18. The van der Waals surface area contributed by atoms with Gasteiger partial charge >= 0.3 is 0 Å². The Morgan fingerprint density at radius 2 is 2.25 bits per heavy atom. The van der Waals surface area contributed by atoms with E-state index in [0.29, 0.717) is 12.5 Å². The van der Waals surface area contributed by atoms with Gasteiger partial charge in [0.2, 0.25) is 5.91 Å². The van der Waals surface area contributed by atoms with Crippen molar-refractivity contribution in [3.8, 4) is 0 Å². The van der Waals surface area contributed by atoms with E-state index in [1.54, 1.807) is 7.05 Å². The number of carbonyl (C=O) groups is 1. The highest BCUT2D eigenvalue weighted by atomic mass is 32.2. The molecule has 0 spiro atoms. The van der Waals surface area contributed by atoms with Crippen molar-refractivity contribution in [2.24, 2.45) is 0 Å². The molecule has 3 atom stereocenters. The highest BCUT2D eigenvalue weighted by molar-refractivity contribution is 7.99. The van der Waals surface area contributed by atoms with Crippen molar-refractivity contribution in [2.75, 3.05) is 12.8 Å². The molecule has 0 aliphatic heterocycles. The molecule has 1 aliphatic carbocycles. The smallest absolute Gasteiger partial charge is 0.221 e. The van der Waals surface area contributed by atoms with Gasteiger partial charge in [0.05, 0.1) is 0 Å². The zero-order valence-electron chi connectivity index (χ0n) is 10.6. The Morgan fingerprint density at radius 3 is 2.88 bits per heavy atom. The molecule has 2 N–H and O–H groups in total. The van der Waals surface area contributed by atoms with E-state index < -0.39 is 0 Å². The summed E-state index contributed by atoms with van der Waals surface area (Å²) < 4.78 is 0. The molecule has 94 valence electrons. The van der Waals surface area contributed by atoms with Crippen LogP contribution in [0.5, 0.6) is 0 Å². The lowest BCUT2D eigenvalue weighted by molar-refractivity contribution is -0.121. The van der Waals surface area contributed by atoms with Crippen LogP contribution in [0.1, 0.15) is 39.5 Å². The molecular weight excluding hydrogens is 220 g/mol. The van der Waals surface area contributed by atoms with Crippen molar-refractivity contribution >= 4 is 17.7 Å². The van der Waals surface area contributed by atoms with Gasteiger partial charge in [-0.15, -0.1) is 0 Å². The third-order valence-corrected chi connectivity index (χ3v) is 4.31. The van der Waals surface area contributed by atoms with Crippen LogP contribution in [-0.2, 0) is 4.79 Å². The minimum atomic E-state index is 0.123. The fourth-order valence-corrected chi connectivity index (χ4v) is 3.46. The average Bonchev–Trinajstić information content (AvgIpc) is 2.65. The van der Waals surface area contributed by atoms with Gasteiger partial charge in [-0.25, -0.2) is 0 Å². The third-order valence-electron chi connectivity index (χ3n) is 3.08. The molecule has 1 fully saturated rings. The molecule has 1 rings (SSSR count). The van der Waals surface area contributed by atoms with Gasteiger partial charge in [0.25, 0.3) is 0 Å². The first-order valence-corrected chi connectivity index (χ1v) is 7.28. The largest absolute Gasteiger partial charge is 0.359 e. The predicted molar refractivity (Wildman–Crippen MR) is 70.8 cm³/mol. The Bertz CT molecular complexity index is 223. The number of amides is 1. The van der Waals surface area contributed by atoms with E-state index in [2.05, 4.69) is 36.2 Å². The van der Waals surface area contributed by atoms with Crippen LogP contribution in [0.4, 0.5) is 0 Å². The normalized spacial score (nSPS) is 26.7. The highest BCUT2D eigenvalue weighted by Crippen LogP contribution is 2.29. The SMILES string of the molecule is CCSC1CCC(NC(C)CC(=O)NC)C1. The second kappa shape index (κ2) is 7.17. The van der Waals surface area contributed by atoms with Crippen molar-refractivity contribution in [3.05, 3.63) is 0 Å². The van der Waals surface area contributed by atoms with E-state index in [-0.39, 0.29) is 11.9 Å². The number of carbonyl (C=O) groups excluding carboxylic acids is 1. The molecule has 4 heteroatoms. The fraction of sp³-hybridized carbons (Fsp3) is 0.917. The van der Waals surface area contributed by atoms with Gasteiger partial charge in [-0.2, -0.15) is 11.8 Å². The molecule has 0 saturated heterocycles. The van der Waals surface area contributed by atoms with Crippen LogP contribution in [0.15, 0.2) is 0 Å². The molecule has 0 radical (unpaired) electrons. The Balaban J connectivity index is 2.20. The summed E-state index contributed by atoms with van der Waals surface area (Å²) in [5.74, 6) is 1.34. The average molecular weight is 244 g/mol. The van der Waals surface area contributed by atoms with E-state index >= 15 is 0 Å². The first-order chi connectivity index (χ1) is 7.65. The molecule has 0 aromatic carbocycles. The van der Waals surface area contributed by atoms with E-state index in [1.165, 1.54) is 25.0 Å². The lowest BCUT2D eigenvalue weighted by atomic mass is 10.1. The minimum Gasteiger partial charge on any atom is -0.359 e. The van der Waals surface area contributed by atoms with E-state index in [4.69, 9.17) is 0 Å². The molecule has 0 aromatic rings. The zero-order chi connectivity index (χ0) is 12.0. The molecule has 0 aromatic heterocycles. The fourth-order valence-electron chi connectivity index (χ4n) is 2.32. The van der Waals surface area contributed by atoms with Gasteiger partial charge in [-0.3, -0.25) is 4.79 Å². The second-order valence-electron chi connectivity index (χ2n) is 4.53. The topological polar surface area (TPSA) is 41.1 Å². The molecule has 0 bridgehead atoms. The summed E-state index contributed by atoms with van der Waals surface area (Å²) in [6.07, 6.45) is 4.42. The van der Waals surface area contributed by atoms with Crippen molar-refractivity contribution in [1.82, 2.24) is 10.6 Å². The van der Waals surface area contributed by atoms with Gasteiger partial charge in [-0.05, 0) is 31.9 Å². The molecule has 1 saturated carbocycles.